The van der Waals surface area contributed by atoms with Gasteiger partial charge in [0.05, 0.1) is 18.1 Å². The average molecular weight is 493 g/mol. The molecule has 3 aromatic carbocycles. The van der Waals surface area contributed by atoms with Gasteiger partial charge in [0.15, 0.2) is 11.6 Å². The highest BCUT2D eigenvalue weighted by molar-refractivity contribution is 5.71. The van der Waals surface area contributed by atoms with Crippen LogP contribution in [-0.2, 0) is 22.4 Å². The molecule has 0 unspecified atom stereocenters. The lowest BCUT2D eigenvalue weighted by Crippen LogP contribution is -2.52. The largest absolute Gasteiger partial charge is 0.487 e. The molecule has 0 saturated carbocycles. The van der Waals surface area contributed by atoms with Crippen molar-refractivity contribution in [3.05, 3.63) is 101 Å². The summed E-state index contributed by atoms with van der Waals surface area (Å²) in [6.45, 7) is 3.96. The Labute approximate surface area is 209 Å². The predicted molar refractivity (Wildman–Crippen MR) is 132 cm³/mol. The van der Waals surface area contributed by atoms with Crippen LogP contribution >= 0.6 is 0 Å². The van der Waals surface area contributed by atoms with Crippen molar-refractivity contribution in [2.75, 3.05) is 0 Å². The molecule has 0 aliphatic carbocycles. The Morgan fingerprint density at radius 1 is 0.972 bits per heavy atom. The molecular weight excluding hydrogens is 462 g/mol. The van der Waals surface area contributed by atoms with Crippen molar-refractivity contribution in [3.8, 4) is 5.75 Å². The number of hydrogen-bond donors (Lipinski definition) is 1. The first-order valence-corrected chi connectivity index (χ1v) is 12.4. The van der Waals surface area contributed by atoms with E-state index in [0.29, 0.717) is 24.8 Å². The minimum absolute atomic E-state index is 0.141. The Bertz CT molecular complexity index is 1260. The molecule has 1 fully saturated rings. The van der Waals surface area contributed by atoms with Gasteiger partial charge in [-0.1, -0.05) is 42.5 Å². The summed E-state index contributed by atoms with van der Waals surface area (Å²) in [6.07, 6.45) is 1.10. The van der Waals surface area contributed by atoms with E-state index in [9.17, 15) is 18.7 Å². The molecule has 3 aromatic rings. The average Bonchev–Trinajstić information content (AvgIpc) is 2.85. The van der Waals surface area contributed by atoms with Crippen LogP contribution in [0.3, 0.4) is 0 Å². The van der Waals surface area contributed by atoms with Gasteiger partial charge in [0.25, 0.3) is 0 Å². The number of rotatable bonds is 6. The predicted octanol–water partition coefficient (Wildman–Crippen LogP) is 6.51. The smallest absolute Gasteiger partial charge is 0.309 e. The van der Waals surface area contributed by atoms with Crippen LogP contribution in [0.15, 0.2) is 66.7 Å². The van der Waals surface area contributed by atoms with Crippen LogP contribution in [0.2, 0.25) is 0 Å². The molecule has 0 amide bonds. The summed E-state index contributed by atoms with van der Waals surface area (Å²) in [4.78, 5) is 12.2. The van der Waals surface area contributed by atoms with Crippen LogP contribution in [0.1, 0.15) is 55.0 Å². The maximum absolute atomic E-state index is 13.7. The first-order chi connectivity index (χ1) is 17.2. The zero-order chi connectivity index (χ0) is 25.4. The van der Waals surface area contributed by atoms with Gasteiger partial charge >= 0.3 is 5.97 Å². The quantitative estimate of drug-likeness (QED) is 0.426. The molecule has 2 heterocycles. The van der Waals surface area contributed by atoms with Crippen LogP contribution in [0.25, 0.3) is 0 Å². The number of carboxylic acid groups (broad SMARTS) is 1. The highest BCUT2D eigenvalue weighted by atomic mass is 19.2. The third-order valence-electron chi connectivity index (χ3n) is 7.56. The summed E-state index contributed by atoms with van der Waals surface area (Å²) in [6, 6.07) is 20.2. The summed E-state index contributed by atoms with van der Waals surface area (Å²) in [5.74, 6) is -2.82. The van der Waals surface area contributed by atoms with Crippen LogP contribution in [-0.4, -0.2) is 22.8 Å². The fourth-order valence-corrected chi connectivity index (χ4v) is 5.61. The Balaban J connectivity index is 1.43. The Kier molecular flexibility index (Phi) is 6.56. The van der Waals surface area contributed by atoms with E-state index in [1.54, 1.807) is 0 Å². The van der Waals surface area contributed by atoms with E-state index >= 15 is 0 Å². The zero-order valence-corrected chi connectivity index (χ0v) is 20.4. The Hall–Kier alpha value is -3.25. The van der Waals surface area contributed by atoms with E-state index in [0.717, 1.165) is 29.4 Å². The molecule has 36 heavy (non-hydrogen) atoms. The lowest BCUT2D eigenvalue weighted by molar-refractivity contribution is -0.188. The number of carbonyl (C=O) groups is 1. The molecule has 4 nitrogen and oxygen atoms in total. The second-order valence-corrected chi connectivity index (χ2v) is 10.4. The molecule has 0 radical (unpaired) electrons. The van der Waals surface area contributed by atoms with Gasteiger partial charge in [-0.2, -0.15) is 0 Å². The monoisotopic (exact) mass is 492 g/mol. The second kappa shape index (κ2) is 9.66. The third kappa shape index (κ3) is 4.87. The van der Waals surface area contributed by atoms with Gasteiger partial charge in [0.1, 0.15) is 11.4 Å². The van der Waals surface area contributed by atoms with Crippen LogP contribution in [0.5, 0.6) is 5.75 Å². The highest BCUT2D eigenvalue weighted by Gasteiger charge is 2.52. The molecule has 0 bridgehead atoms. The maximum atomic E-state index is 13.7. The highest BCUT2D eigenvalue weighted by Crippen LogP contribution is 2.52. The van der Waals surface area contributed by atoms with Crippen molar-refractivity contribution < 1.29 is 28.2 Å². The van der Waals surface area contributed by atoms with Gasteiger partial charge in [-0.15, -0.1) is 0 Å². The van der Waals surface area contributed by atoms with E-state index in [1.807, 2.05) is 38.1 Å². The number of benzene rings is 3. The van der Waals surface area contributed by atoms with Gasteiger partial charge in [-0.25, -0.2) is 8.78 Å². The Morgan fingerprint density at radius 2 is 1.72 bits per heavy atom. The summed E-state index contributed by atoms with van der Waals surface area (Å²) in [5.41, 5.74) is 3.28. The van der Waals surface area contributed by atoms with Gasteiger partial charge in [0.2, 0.25) is 0 Å². The molecule has 0 aromatic heterocycles. The van der Waals surface area contributed by atoms with Crippen LogP contribution < -0.4 is 4.74 Å². The number of carboxylic acids is 1. The fourth-order valence-electron chi connectivity index (χ4n) is 5.61. The minimum Gasteiger partial charge on any atom is -0.487 e. The molecule has 5 rings (SSSR count). The molecule has 4 atom stereocenters. The Morgan fingerprint density at radius 3 is 2.44 bits per heavy atom. The summed E-state index contributed by atoms with van der Waals surface area (Å²) in [7, 11) is 0. The number of hydrogen-bond acceptors (Lipinski definition) is 3. The summed E-state index contributed by atoms with van der Waals surface area (Å²) < 4.78 is 40.0. The summed E-state index contributed by atoms with van der Waals surface area (Å²) >= 11 is 0. The fraction of sp³-hybridized carbons (Fsp3) is 0.367. The van der Waals surface area contributed by atoms with E-state index in [-0.39, 0.29) is 12.0 Å². The lowest BCUT2D eigenvalue weighted by Gasteiger charge is -2.50. The van der Waals surface area contributed by atoms with E-state index in [1.165, 1.54) is 17.7 Å². The maximum Gasteiger partial charge on any atom is 0.309 e. The zero-order valence-electron chi connectivity index (χ0n) is 20.4. The van der Waals surface area contributed by atoms with Crippen LogP contribution in [0.4, 0.5) is 8.78 Å². The van der Waals surface area contributed by atoms with Crippen molar-refractivity contribution in [3.63, 3.8) is 0 Å². The molecule has 2 aliphatic heterocycles. The van der Waals surface area contributed by atoms with E-state index < -0.39 is 35.2 Å². The third-order valence-corrected chi connectivity index (χ3v) is 7.56. The van der Waals surface area contributed by atoms with E-state index in [2.05, 4.69) is 24.3 Å². The van der Waals surface area contributed by atoms with Crippen molar-refractivity contribution in [2.24, 2.45) is 11.8 Å². The standard InChI is InChI=1S/C30H30F2O4/c1-30(2)23-17-22(29(33)34)26(12-9-19-8-11-24(31)25(32)16-19)35-28(23)21-15-20(10-13-27(21)36-30)14-18-6-4-3-5-7-18/h3-8,10-11,13,15-16,22-23,26,28H,9,12,14,17H2,1-2H3,(H,33,34)/t22-,23-,26-,28+/m0/s1. The summed E-state index contributed by atoms with van der Waals surface area (Å²) in [5, 5.41) is 10.0. The molecule has 1 N–H and O–H groups in total. The van der Waals surface area contributed by atoms with Crippen LogP contribution in [0, 0.1) is 23.5 Å². The molecule has 0 spiro atoms. The second-order valence-electron chi connectivity index (χ2n) is 10.4. The lowest BCUT2D eigenvalue weighted by atomic mass is 9.71. The molecule has 1 saturated heterocycles. The number of halogens is 2. The van der Waals surface area contributed by atoms with Crippen molar-refractivity contribution in [1.82, 2.24) is 0 Å². The van der Waals surface area contributed by atoms with Crippen molar-refractivity contribution in [2.45, 2.75) is 57.3 Å². The van der Waals surface area contributed by atoms with E-state index in [4.69, 9.17) is 9.47 Å². The topological polar surface area (TPSA) is 55.8 Å². The molecular formula is C30H30F2O4. The van der Waals surface area contributed by atoms with Crippen molar-refractivity contribution in [1.29, 1.82) is 0 Å². The van der Waals surface area contributed by atoms with Crippen molar-refractivity contribution >= 4 is 5.97 Å². The molecule has 6 heteroatoms. The SMILES string of the molecule is CC1(C)Oc2ccc(Cc3ccccc3)cc2[C@H]2O[C@@H](CCc3ccc(F)c(F)c3)[C@@H](C(=O)O)C[C@@H]21. The number of aliphatic carboxylic acids is 1. The van der Waals surface area contributed by atoms with Gasteiger partial charge < -0.3 is 14.6 Å². The first kappa shape index (κ1) is 24.4. The minimum atomic E-state index is -0.914. The van der Waals surface area contributed by atoms with Gasteiger partial charge in [-0.05, 0) is 80.5 Å². The number of fused-ring (bicyclic) bond motifs is 3. The number of ether oxygens (including phenoxy) is 2. The normalized spacial score (nSPS) is 24.3. The number of aryl methyl sites for hydroxylation is 1. The van der Waals surface area contributed by atoms with Gasteiger partial charge in [-0.3, -0.25) is 4.79 Å². The first-order valence-electron chi connectivity index (χ1n) is 12.4. The molecule has 2 aliphatic rings. The molecule has 188 valence electrons. The van der Waals surface area contributed by atoms with Gasteiger partial charge in [0, 0.05) is 11.5 Å².